The number of nitrogens with one attached hydrogen (secondary N) is 2. The predicted molar refractivity (Wildman–Crippen MR) is 93.5 cm³/mol. The normalized spacial score (nSPS) is 12.9. The smallest absolute Gasteiger partial charge is 0.253 e. The van der Waals surface area contributed by atoms with Gasteiger partial charge in [-0.3, -0.25) is 9.59 Å². The first kappa shape index (κ1) is 17.5. The first-order valence-electron chi connectivity index (χ1n) is 7.55. The number of amides is 2. The summed E-state index contributed by atoms with van der Waals surface area (Å²) in [7, 11) is 1.47. The minimum Gasteiger partial charge on any atom is -0.372 e. The van der Waals surface area contributed by atoms with Gasteiger partial charge in [0.15, 0.2) is 0 Å². The molecule has 0 aliphatic carbocycles. The zero-order valence-electron chi connectivity index (χ0n) is 13.7. The molecule has 0 spiro atoms. The van der Waals surface area contributed by atoms with Crippen LogP contribution >= 0.6 is 0 Å². The molecule has 2 aromatic rings. The van der Waals surface area contributed by atoms with Gasteiger partial charge < -0.3 is 21.1 Å². The molecular formula is C18H21N3O3. The van der Waals surface area contributed by atoms with E-state index in [-0.39, 0.29) is 5.91 Å². The van der Waals surface area contributed by atoms with Gasteiger partial charge in [-0.15, -0.1) is 0 Å². The van der Waals surface area contributed by atoms with Gasteiger partial charge in [0.2, 0.25) is 5.91 Å². The summed E-state index contributed by atoms with van der Waals surface area (Å²) in [6, 6.07) is 15.6. The Balaban J connectivity index is 2.15. The number of methoxy groups -OCH3 is 1. The standard InChI is InChI=1S/C18H21N3O3/c1-12(24-2)18(23)21-15-10-6-9-14(11-15)20-16(17(19)22)13-7-4-3-5-8-13/h3-12,16,20H,1-2H3,(H2,19,22)(H,21,23). The van der Waals surface area contributed by atoms with Crippen molar-refractivity contribution in [3.63, 3.8) is 0 Å². The SMILES string of the molecule is COC(C)C(=O)Nc1cccc(NC(C(N)=O)c2ccccc2)c1. The first-order valence-corrected chi connectivity index (χ1v) is 7.55. The number of rotatable bonds is 7. The Kier molecular flexibility index (Phi) is 5.92. The Morgan fingerprint density at radius 1 is 1.04 bits per heavy atom. The Labute approximate surface area is 141 Å². The summed E-state index contributed by atoms with van der Waals surface area (Å²) in [5.41, 5.74) is 7.55. The molecule has 4 N–H and O–H groups in total. The van der Waals surface area contributed by atoms with Gasteiger partial charge in [-0.25, -0.2) is 0 Å². The van der Waals surface area contributed by atoms with Gasteiger partial charge in [0.1, 0.15) is 12.1 Å². The van der Waals surface area contributed by atoms with Gasteiger partial charge in [-0.05, 0) is 30.7 Å². The van der Waals surface area contributed by atoms with E-state index in [9.17, 15) is 9.59 Å². The number of carbonyl (C=O) groups is 2. The molecule has 6 nitrogen and oxygen atoms in total. The quantitative estimate of drug-likeness (QED) is 0.727. The number of nitrogens with two attached hydrogens (primary N) is 1. The van der Waals surface area contributed by atoms with Crippen LogP contribution in [0.2, 0.25) is 0 Å². The van der Waals surface area contributed by atoms with E-state index in [0.29, 0.717) is 11.4 Å². The van der Waals surface area contributed by atoms with Crippen LogP contribution in [0.15, 0.2) is 54.6 Å². The van der Waals surface area contributed by atoms with Crippen LogP contribution in [0.3, 0.4) is 0 Å². The highest BCUT2D eigenvalue weighted by Gasteiger charge is 2.17. The average Bonchev–Trinajstić information content (AvgIpc) is 2.59. The highest BCUT2D eigenvalue weighted by molar-refractivity contribution is 5.94. The fourth-order valence-corrected chi connectivity index (χ4v) is 2.17. The Morgan fingerprint density at radius 2 is 1.71 bits per heavy atom. The lowest BCUT2D eigenvalue weighted by Crippen LogP contribution is -2.28. The molecule has 126 valence electrons. The summed E-state index contributed by atoms with van der Waals surface area (Å²) in [5, 5.41) is 5.85. The van der Waals surface area contributed by atoms with Crippen molar-refractivity contribution in [3.8, 4) is 0 Å². The van der Waals surface area contributed by atoms with Gasteiger partial charge in [-0.2, -0.15) is 0 Å². The second-order valence-electron chi connectivity index (χ2n) is 5.34. The van der Waals surface area contributed by atoms with Crippen LogP contribution in [0, 0.1) is 0 Å². The molecule has 0 aliphatic heterocycles. The molecule has 0 heterocycles. The highest BCUT2D eigenvalue weighted by Crippen LogP contribution is 2.22. The number of hydrogen-bond acceptors (Lipinski definition) is 4. The minimum absolute atomic E-state index is 0.246. The maximum absolute atomic E-state index is 11.9. The van der Waals surface area contributed by atoms with E-state index in [4.69, 9.17) is 10.5 Å². The second-order valence-corrected chi connectivity index (χ2v) is 5.34. The fourth-order valence-electron chi connectivity index (χ4n) is 2.17. The number of primary amides is 1. The third-order valence-corrected chi connectivity index (χ3v) is 3.58. The molecule has 2 aromatic carbocycles. The Morgan fingerprint density at radius 3 is 2.33 bits per heavy atom. The van der Waals surface area contributed by atoms with Crippen LogP contribution in [0.4, 0.5) is 11.4 Å². The number of anilines is 2. The lowest BCUT2D eigenvalue weighted by Gasteiger charge is -2.18. The third kappa shape index (κ3) is 4.57. The van der Waals surface area contributed by atoms with Crippen molar-refractivity contribution >= 4 is 23.2 Å². The van der Waals surface area contributed by atoms with E-state index in [1.54, 1.807) is 31.2 Å². The number of carbonyl (C=O) groups excluding carboxylic acids is 2. The molecule has 2 rings (SSSR count). The first-order chi connectivity index (χ1) is 11.5. The highest BCUT2D eigenvalue weighted by atomic mass is 16.5. The summed E-state index contributed by atoms with van der Waals surface area (Å²) >= 11 is 0. The van der Waals surface area contributed by atoms with Crippen molar-refractivity contribution in [2.45, 2.75) is 19.1 Å². The average molecular weight is 327 g/mol. The molecule has 0 aliphatic rings. The van der Waals surface area contributed by atoms with Crippen molar-refractivity contribution < 1.29 is 14.3 Å². The van der Waals surface area contributed by atoms with Gasteiger partial charge in [0, 0.05) is 18.5 Å². The Hall–Kier alpha value is -2.86. The monoisotopic (exact) mass is 327 g/mol. The maximum atomic E-state index is 11.9. The molecule has 24 heavy (non-hydrogen) atoms. The largest absolute Gasteiger partial charge is 0.372 e. The lowest BCUT2D eigenvalue weighted by atomic mass is 10.1. The van der Waals surface area contributed by atoms with Crippen molar-refractivity contribution in [1.82, 2.24) is 0 Å². The molecule has 2 amide bonds. The summed E-state index contributed by atoms with van der Waals surface area (Å²) in [6.45, 7) is 1.66. The molecular weight excluding hydrogens is 306 g/mol. The van der Waals surface area contributed by atoms with Gasteiger partial charge in [-0.1, -0.05) is 36.4 Å². The third-order valence-electron chi connectivity index (χ3n) is 3.58. The van der Waals surface area contributed by atoms with Crippen molar-refractivity contribution in [2.75, 3.05) is 17.7 Å². The van der Waals surface area contributed by atoms with Crippen molar-refractivity contribution in [2.24, 2.45) is 5.73 Å². The van der Waals surface area contributed by atoms with E-state index < -0.39 is 18.1 Å². The molecule has 0 bridgehead atoms. The summed E-state index contributed by atoms with van der Waals surface area (Å²) in [6.07, 6.45) is -0.552. The summed E-state index contributed by atoms with van der Waals surface area (Å²) in [5.74, 6) is -0.729. The van der Waals surface area contributed by atoms with E-state index in [1.165, 1.54) is 7.11 Å². The number of hydrogen-bond donors (Lipinski definition) is 3. The molecule has 2 unspecified atom stereocenters. The summed E-state index contributed by atoms with van der Waals surface area (Å²) < 4.78 is 4.98. The number of ether oxygens (including phenoxy) is 1. The van der Waals surface area contributed by atoms with E-state index in [0.717, 1.165) is 5.56 Å². The molecule has 0 fully saturated rings. The molecule has 6 heteroatoms. The fraction of sp³-hybridized carbons (Fsp3) is 0.222. The van der Waals surface area contributed by atoms with Crippen LogP contribution in [-0.2, 0) is 14.3 Å². The molecule has 0 saturated carbocycles. The van der Waals surface area contributed by atoms with Crippen LogP contribution < -0.4 is 16.4 Å². The van der Waals surface area contributed by atoms with Crippen LogP contribution in [-0.4, -0.2) is 25.0 Å². The maximum Gasteiger partial charge on any atom is 0.253 e. The van der Waals surface area contributed by atoms with E-state index >= 15 is 0 Å². The zero-order valence-corrected chi connectivity index (χ0v) is 13.7. The predicted octanol–water partition coefficient (Wildman–Crippen LogP) is 2.30. The molecule has 2 atom stereocenters. The van der Waals surface area contributed by atoms with E-state index in [1.807, 2.05) is 30.3 Å². The zero-order chi connectivity index (χ0) is 17.5. The molecule has 0 aromatic heterocycles. The lowest BCUT2D eigenvalue weighted by molar-refractivity contribution is -0.124. The van der Waals surface area contributed by atoms with Crippen molar-refractivity contribution in [3.05, 3.63) is 60.2 Å². The topological polar surface area (TPSA) is 93.4 Å². The van der Waals surface area contributed by atoms with Gasteiger partial charge >= 0.3 is 0 Å². The summed E-state index contributed by atoms with van der Waals surface area (Å²) in [4.78, 5) is 23.6. The van der Waals surface area contributed by atoms with E-state index in [2.05, 4.69) is 10.6 Å². The van der Waals surface area contributed by atoms with Gasteiger partial charge in [0.25, 0.3) is 5.91 Å². The van der Waals surface area contributed by atoms with Crippen LogP contribution in [0.1, 0.15) is 18.5 Å². The Bertz CT molecular complexity index is 704. The molecule has 0 radical (unpaired) electrons. The van der Waals surface area contributed by atoms with Crippen LogP contribution in [0.25, 0.3) is 0 Å². The van der Waals surface area contributed by atoms with Crippen molar-refractivity contribution in [1.29, 1.82) is 0 Å². The van der Waals surface area contributed by atoms with Crippen LogP contribution in [0.5, 0.6) is 0 Å². The minimum atomic E-state index is -0.657. The number of benzene rings is 2. The second kappa shape index (κ2) is 8.12. The molecule has 0 saturated heterocycles. The van der Waals surface area contributed by atoms with Gasteiger partial charge in [0.05, 0.1) is 0 Å².